The molecular formula is C14H19FN2O. The Bertz CT molecular complexity index is 444. The van der Waals surface area contributed by atoms with Gasteiger partial charge in [-0.05, 0) is 24.6 Å². The summed E-state index contributed by atoms with van der Waals surface area (Å²) in [7, 11) is 0. The van der Waals surface area contributed by atoms with Crippen molar-refractivity contribution in [2.45, 2.75) is 27.3 Å². The van der Waals surface area contributed by atoms with E-state index in [1.54, 1.807) is 17.6 Å². The van der Waals surface area contributed by atoms with E-state index >= 15 is 0 Å². The van der Waals surface area contributed by atoms with Gasteiger partial charge in [0.1, 0.15) is 11.5 Å². The van der Waals surface area contributed by atoms with Gasteiger partial charge in [-0.15, -0.1) is 0 Å². The highest BCUT2D eigenvalue weighted by atomic mass is 19.1. The molecule has 98 valence electrons. The predicted molar refractivity (Wildman–Crippen MR) is 72.1 cm³/mol. The van der Waals surface area contributed by atoms with Gasteiger partial charge in [0.25, 0.3) is 0 Å². The molecule has 0 radical (unpaired) electrons. The van der Waals surface area contributed by atoms with E-state index in [4.69, 9.17) is 0 Å². The monoisotopic (exact) mass is 250 g/mol. The summed E-state index contributed by atoms with van der Waals surface area (Å²) in [6, 6.07) is 0. The average molecular weight is 250 g/mol. The molecule has 0 unspecified atom stereocenters. The fraction of sp³-hybridized carbons (Fsp3) is 0.286. The van der Waals surface area contributed by atoms with Crippen molar-refractivity contribution in [3.05, 3.63) is 54.4 Å². The van der Waals surface area contributed by atoms with Crippen molar-refractivity contribution < 1.29 is 9.18 Å². The molecule has 0 atom stereocenters. The molecule has 0 saturated carbocycles. The van der Waals surface area contributed by atoms with Crippen LogP contribution < -0.4 is 0 Å². The van der Waals surface area contributed by atoms with Gasteiger partial charge in [0.2, 0.25) is 0 Å². The van der Waals surface area contributed by atoms with E-state index in [0.29, 0.717) is 18.5 Å². The van der Waals surface area contributed by atoms with Gasteiger partial charge >= 0.3 is 0 Å². The number of imidazole rings is 1. The summed E-state index contributed by atoms with van der Waals surface area (Å²) in [6.45, 7) is 9.55. The van der Waals surface area contributed by atoms with Crippen LogP contribution in [0.2, 0.25) is 0 Å². The number of hydrogen-bond donors (Lipinski definition) is 0. The van der Waals surface area contributed by atoms with E-state index < -0.39 is 5.83 Å². The number of allylic oxidation sites excluding steroid dienone is 5. The van der Waals surface area contributed by atoms with Gasteiger partial charge in [-0.25, -0.2) is 9.37 Å². The molecule has 0 saturated heterocycles. The standard InChI is InChI=1S/C12H13FN2O.C2H6/c1-3-10(5-11(13)4-2)7-15-9-14-6-12(15)8-16;1-2/h3-6,8-9H,2,7H2,1H3;1-2H3/b10-3+,11-5+;. The minimum Gasteiger partial charge on any atom is -0.324 e. The third-order valence-corrected chi connectivity index (χ3v) is 2.11. The lowest BCUT2D eigenvalue weighted by Gasteiger charge is -2.04. The maximum atomic E-state index is 13.0. The van der Waals surface area contributed by atoms with Crippen LogP contribution in [0.1, 0.15) is 31.3 Å². The number of aldehydes is 1. The van der Waals surface area contributed by atoms with Crippen molar-refractivity contribution in [2.75, 3.05) is 0 Å². The van der Waals surface area contributed by atoms with Gasteiger partial charge in [0.05, 0.1) is 12.5 Å². The molecule has 0 aliphatic carbocycles. The van der Waals surface area contributed by atoms with Crippen LogP contribution in [0.15, 0.2) is 48.7 Å². The van der Waals surface area contributed by atoms with Crippen LogP contribution in [0, 0.1) is 0 Å². The molecule has 1 rings (SSSR count). The second kappa shape index (κ2) is 9.10. The number of carbonyl (C=O) groups is 1. The highest BCUT2D eigenvalue weighted by molar-refractivity contribution is 5.71. The molecular weight excluding hydrogens is 231 g/mol. The van der Waals surface area contributed by atoms with Crippen LogP contribution in [-0.4, -0.2) is 15.8 Å². The molecule has 18 heavy (non-hydrogen) atoms. The Morgan fingerprint density at radius 1 is 1.56 bits per heavy atom. The zero-order valence-electron chi connectivity index (χ0n) is 11.1. The van der Waals surface area contributed by atoms with Gasteiger partial charge in [0, 0.05) is 6.54 Å². The number of nitrogens with zero attached hydrogens (tertiary/aromatic N) is 2. The van der Waals surface area contributed by atoms with Gasteiger partial charge in [-0.2, -0.15) is 0 Å². The molecule has 1 heterocycles. The Morgan fingerprint density at radius 3 is 2.72 bits per heavy atom. The molecule has 0 fully saturated rings. The van der Waals surface area contributed by atoms with Crippen LogP contribution in [0.3, 0.4) is 0 Å². The molecule has 0 amide bonds. The second-order valence-electron chi connectivity index (χ2n) is 3.16. The lowest BCUT2D eigenvalue weighted by molar-refractivity contribution is 0.111. The first-order valence-corrected chi connectivity index (χ1v) is 5.81. The molecule has 0 aromatic carbocycles. The minimum absolute atomic E-state index is 0.402. The molecule has 3 nitrogen and oxygen atoms in total. The summed E-state index contributed by atoms with van der Waals surface area (Å²) < 4.78 is 14.6. The Hall–Kier alpha value is -1.97. The molecule has 1 aromatic heterocycles. The number of hydrogen-bond acceptors (Lipinski definition) is 2. The normalized spacial score (nSPS) is 11.6. The summed E-state index contributed by atoms with van der Waals surface area (Å²) >= 11 is 0. The second-order valence-corrected chi connectivity index (χ2v) is 3.16. The van der Waals surface area contributed by atoms with Crippen molar-refractivity contribution in [1.29, 1.82) is 0 Å². The van der Waals surface area contributed by atoms with Gasteiger partial charge < -0.3 is 4.57 Å². The van der Waals surface area contributed by atoms with Crippen LogP contribution in [-0.2, 0) is 6.54 Å². The van der Waals surface area contributed by atoms with Crippen molar-refractivity contribution in [3.8, 4) is 0 Å². The maximum Gasteiger partial charge on any atom is 0.168 e. The van der Waals surface area contributed by atoms with E-state index in [9.17, 15) is 9.18 Å². The van der Waals surface area contributed by atoms with Gasteiger partial charge in [0.15, 0.2) is 6.29 Å². The van der Waals surface area contributed by atoms with E-state index in [1.807, 2.05) is 13.8 Å². The zero-order valence-corrected chi connectivity index (χ0v) is 11.1. The minimum atomic E-state index is -0.402. The lowest BCUT2D eigenvalue weighted by Crippen LogP contribution is -2.02. The Labute approximate surface area is 107 Å². The van der Waals surface area contributed by atoms with Gasteiger partial charge in [-0.3, -0.25) is 4.79 Å². The highest BCUT2D eigenvalue weighted by Crippen LogP contribution is 2.09. The molecule has 0 aliphatic heterocycles. The largest absolute Gasteiger partial charge is 0.324 e. The number of carbonyl (C=O) groups excluding carboxylic acids is 1. The maximum absolute atomic E-state index is 13.0. The quantitative estimate of drug-likeness (QED) is 0.590. The van der Waals surface area contributed by atoms with Crippen LogP contribution in [0.25, 0.3) is 0 Å². The third kappa shape index (κ3) is 4.91. The van der Waals surface area contributed by atoms with E-state index in [0.717, 1.165) is 11.6 Å². The molecule has 0 bridgehead atoms. The van der Waals surface area contributed by atoms with Crippen molar-refractivity contribution in [3.63, 3.8) is 0 Å². The first kappa shape index (κ1) is 16.0. The van der Waals surface area contributed by atoms with Gasteiger partial charge in [-0.1, -0.05) is 26.5 Å². The highest BCUT2D eigenvalue weighted by Gasteiger charge is 2.02. The third-order valence-electron chi connectivity index (χ3n) is 2.11. The number of halogens is 1. The van der Waals surface area contributed by atoms with Crippen molar-refractivity contribution in [1.82, 2.24) is 9.55 Å². The molecule has 0 aliphatic rings. The molecule has 1 aromatic rings. The van der Waals surface area contributed by atoms with Crippen LogP contribution >= 0.6 is 0 Å². The Kier molecular flexibility index (Phi) is 8.10. The zero-order chi connectivity index (χ0) is 14.0. The topological polar surface area (TPSA) is 34.9 Å². The van der Waals surface area contributed by atoms with E-state index in [1.165, 1.54) is 18.6 Å². The fourth-order valence-electron chi connectivity index (χ4n) is 1.21. The average Bonchev–Trinajstić information content (AvgIpc) is 2.87. The first-order chi connectivity index (χ1) is 8.71. The molecule has 0 N–H and O–H groups in total. The Balaban J connectivity index is 0.00000137. The van der Waals surface area contributed by atoms with Crippen LogP contribution in [0.5, 0.6) is 0 Å². The molecule has 4 heteroatoms. The summed E-state index contributed by atoms with van der Waals surface area (Å²) in [4.78, 5) is 14.5. The SMILES string of the molecule is C=C/C(F)=C\C(=C/C)Cn1cncc1C=O.CC. The lowest BCUT2D eigenvalue weighted by atomic mass is 10.2. The fourth-order valence-corrected chi connectivity index (χ4v) is 1.21. The smallest absolute Gasteiger partial charge is 0.168 e. The van der Waals surface area contributed by atoms with Crippen molar-refractivity contribution in [2.24, 2.45) is 0 Å². The first-order valence-electron chi connectivity index (χ1n) is 5.81. The summed E-state index contributed by atoms with van der Waals surface area (Å²) in [5, 5.41) is 0. The number of rotatable bonds is 5. The van der Waals surface area contributed by atoms with Crippen LogP contribution in [0.4, 0.5) is 4.39 Å². The summed E-state index contributed by atoms with van der Waals surface area (Å²) in [5.41, 5.74) is 1.21. The van der Waals surface area contributed by atoms with Crippen molar-refractivity contribution >= 4 is 6.29 Å². The predicted octanol–water partition coefficient (Wildman–Crippen LogP) is 3.71. The summed E-state index contributed by atoms with van der Waals surface area (Å²) in [6.07, 6.45) is 8.01. The summed E-state index contributed by atoms with van der Waals surface area (Å²) in [5.74, 6) is -0.402. The molecule has 0 spiro atoms. The van der Waals surface area contributed by atoms with E-state index in [2.05, 4.69) is 11.6 Å². The van der Waals surface area contributed by atoms with E-state index in [-0.39, 0.29) is 0 Å². The number of aromatic nitrogens is 2. The Morgan fingerprint density at radius 2 is 2.22 bits per heavy atom.